The van der Waals surface area contributed by atoms with Gasteiger partial charge < -0.3 is 19.9 Å². The molecule has 2 fully saturated rings. The number of ether oxygens (including phenoxy) is 1. The van der Waals surface area contributed by atoms with Crippen LogP contribution in [-0.4, -0.2) is 54.5 Å². The molecule has 0 spiro atoms. The van der Waals surface area contributed by atoms with Crippen molar-refractivity contribution < 1.29 is 9.53 Å². The highest BCUT2D eigenvalue weighted by Gasteiger charge is 2.25. The minimum absolute atomic E-state index is 0. The molecule has 178 valence electrons. The Labute approximate surface area is 214 Å². The van der Waals surface area contributed by atoms with Gasteiger partial charge in [0.1, 0.15) is 6.10 Å². The molecule has 2 aromatic rings. The maximum absolute atomic E-state index is 12.0. The Morgan fingerprint density at radius 2 is 1.97 bits per heavy atom. The number of hydrogen-bond donors (Lipinski definition) is 1. The van der Waals surface area contributed by atoms with Crippen molar-refractivity contribution in [3.63, 3.8) is 0 Å². The summed E-state index contributed by atoms with van der Waals surface area (Å²) in [7, 11) is 0. The van der Waals surface area contributed by atoms with Gasteiger partial charge in [0.15, 0.2) is 5.96 Å². The van der Waals surface area contributed by atoms with E-state index in [0.29, 0.717) is 26.1 Å². The van der Waals surface area contributed by atoms with Crippen LogP contribution in [0.1, 0.15) is 48.1 Å². The highest BCUT2D eigenvalue weighted by atomic mass is 127. The summed E-state index contributed by atoms with van der Waals surface area (Å²) in [5, 5.41) is 3.46. The zero-order valence-corrected chi connectivity index (χ0v) is 22.0. The van der Waals surface area contributed by atoms with E-state index in [1.807, 2.05) is 4.90 Å². The molecule has 1 unspecified atom stereocenters. The van der Waals surface area contributed by atoms with E-state index in [9.17, 15) is 4.79 Å². The third-order valence-corrected chi connectivity index (χ3v) is 6.18. The number of amides is 1. The fraction of sp³-hybridized carbons (Fsp3) is 0.462. The maximum Gasteiger partial charge on any atom is 0.222 e. The second-order valence-corrected chi connectivity index (χ2v) is 8.57. The van der Waals surface area contributed by atoms with Crippen LogP contribution in [0.15, 0.2) is 53.5 Å². The van der Waals surface area contributed by atoms with Crippen LogP contribution in [0.4, 0.5) is 0 Å². The molecule has 7 heteroatoms. The highest BCUT2D eigenvalue weighted by molar-refractivity contribution is 14.0. The molecule has 1 amide bonds. The Bertz CT molecular complexity index is 965. The lowest BCUT2D eigenvalue weighted by Crippen LogP contribution is -2.48. The molecule has 0 saturated carbocycles. The molecule has 1 N–H and O–H groups in total. The maximum atomic E-state index is 12.0. The van der Waals surface area contributed by atoms with Gasteiger partial charge in [0.25, 0.3) is 0 Å². The van der Waals surface area contributed by atoms with Gasteiger partial charge in [0.05, 0.1) is 19.7 Å². The quantitative estimate of drug-likeness (QED) is 0.325. The van der Waals surface area contributed by atoms with Crippen molar-refractivity contribution in [2.24, 2.45) is 4.99 Å². The van der Waals surface area contributed by atoms with Crippen molar-refractivity contribution in [2.45, 2.75) is 45.9 Å². The molecule has 2 saturated heterocycles. The topological polar surface area (TPSA) is 57.2 Å². The molecule has 2 aliphatic rings. The lowest BCUT2D eigenvalue weighted by atomic mass is 10.0. The first kappa shape index (κ1) is 25.5. The minimum atomic E-state index is 0. The number of halogens is 1. The van der Waals surface area contributed by atoms with Crippen LogP contribution in [0.5, 0.6) is 0 Å². The van der Waals surface area contributed by atoms with Crippen LogP contribution in [0.25, 0.3) is 0 Å². The summed E-state index contributed by atoms with van der Waals surface area (Å²) >= 11 is 0. The van der Waals surface area contributed by atoms with Crippen molar-refractivity contribution in [1.82, 2.24) is 15.1 Å². The van der Waals surface area contributed by atoms with E-state index >= 15 is 0 Å². The molecule has 2 aromatic carbocycles. The monoisotopic (exact) mass is 562 g/mol. The van der Waals surface area contributed by atoms with Crippen molar-refractivity contribution in [1.29, 1.82) is 0 Å². The zero-order valence-electron chi connectivity index (χ0n) is 19.6. The Hall–Kier alpha value is -2.13. The second-order valence-electron chi connectivity index (χ2n) is 8.57. The number of likely N-dealkylation sites (tertiary alicyclic amines) is 1. The van der Waals surface area contributed by atoms with Gasteiger partial charge in [-0.15, -0.1) is 24.0 Å². The molecule has 4 rings (SSSR count). The van der Waals surface area contributed by atoms with Crippen molar-refractivity contribution in [3.8, 4) is 0 Å². The SMILES string of the molecule is CCNC(=NCc1cccc(CN2CCCC2=O)c1)N1CCOC(c2ccccc2C)C1.I. The van der Waals surface area contributed by atoms with Gasteiger partial charge in [0.2, 0.25) is 5.91 Å². The number of rotatable bonds is 6. The molecule has 2 heterocycles. The molecule has 33 heavy (non-hydrogen) atoms. The van der Waals surface area contributed by atoms with E-state index in [1.54, 1.807) is 0 Å². The number of nitrogens with one attached hydrogen (secondary N) is 1. The molecular formula is C26H35IN4O2. The molecule has 0 aromatic heterocycles. The fourth-order valence-corrected chi connectivity index (χ4v) is 4.49. The summed E-state index contributed by atoms with van der Waals surface area (Å²) in [5.74, 6) is 1.19. The summed E-state index contributed by atoms with van der Waals surface area (Å²) in [6, 6.07) is 16.9. The average molecular weight is 562 g/mol. The van der Waals surface area contributed by atoms with Crippen LogP contribution in [0.2, 0.25) is 0 Å². The van der Waals surface area contributed by atoms with Crippen LogP contribution in [0, 0.1) is 6.92 Å². The number of aryl methyl sites for hydroxylation is 1. The van der Waals surface area contributed by atoms with E-state index in [1.165, 1.54) is 16.7 Å². The highest BCUT2D eigenvalue weighted by Crippen LogP contribution is 2.25. The minimum Gasteiger partial charge on any atom is -0.370 e. The summed E-state index contributed by atoms with van der Waals surface area (Å²) < 4.78 is 6.10. The number of carbonyl (C=O) groups is 1. The molecule has 0 radical (unpaired) electrons. The smallest absolute Gasteiger partial charge is 0.222 e. The standard InChI is InChI=1S/C26H34N4O2.HI/c1-3-27-26(30-14-15-32-24(19-30)23-11-5-4-8-20(23)2)28-17-21-9-6-10-22(16-21)18-29-13-7-12-25(29)31;/h4-6,8-11,16,24H,3,7,12-15,17-19H2,1-2H3,(H,27,28);1H. The summed E-state index contributed by atoms with van der Waals surface area (Å²) in [6.07, 6.45) is 1.70. The number of guanidine groups is 1. The molecule has 0 aliphatic carbocycles. The van der Waals surface area contributed by atoms with Gasteiger partial charge in [-0.05, 0) is 42.5 Å². The normalized spacial score (nSPS) is 18.9. The second kappa shape index (κ2) is 12.4. The van der Waals surface area contributed by atoms with Gasteiger partial charge in [-0.3, -0.25) is 4.79 Å². The molecule has 2 aliphatic heterocycles. The van der Waals surface area contributed by atoms with Crippen LogP contribution >= 0.6 is 24.0 Å². The van der Waals surface area contributed by atoms with Crippen LogP contribution in [0.3, 0.4) is 0 Å². The van der Waals surface area contributed by atoms with Gasteiger partial charge in [-0.25, -0.2) is 4.99 Å². The largest absolute Gasteiger partial charge is 0.370 e. The average Bonchev–Trinajstić information content (AvgIpc) is 3.21. The summed E-state index contributed by atoms with van der Waals surface area (Å²) in [5.41, 5.74) is 4.84. The Balaban J connectivity index is 0.00000306. The predicted octanol–water partition coefficient (Wildman–Crippen LogP) is 4.27. The Kier molecular flexibility index (Phi) is 9.55. The first-order chi connectivity index (χ1) is 15.6. The zero-order chi connectivity index (χ0) is 22.3. The van der Waals surface area contributed by atoms with E-state index in [2.05, 4.69) is 72.6 Å². The number of carbonyl (C=O) groups excluding carboxylic acids is 1. The number of benzene rings is 2. The first-order valence-electron chi connectivity index (χ1n) is 11.7. The van der Waals surface area contributed by atoms with Crippen LogP contribution in [-0.2, 0) is 22.6 Å². The Morgan fingerprint density at radius 3 is 2.73 bits per heavy atom. The molecule has 6 nitrogen and oxygen atoms in total. The third kappa shape index (κ3) is 6.69. The number of hydrogen-bond acceptors (Lipinski definition) is 3. The van der Waals surface area contributed by atoms with Gasteiger partial charge in [-0.2, -0.15) is 0 Å². The molecular weight excluding hydrogens is 527 g/mol. The lowest BCUT2D eigenvalue weighted by molar-refractivity contribution is -0.128. The lowest BCUT2D eigenvalue weighted by Gasteiger charge is -2.35. The summed E-state index contributed by atoms with van der Waals surface area (Å²) in [4.78, 5) is 21.1. The van der Waals surface area contributed by atoms with E-state index in [4.69, 9.17) is 9.73 Å². The Morgan fingerprint density at radius 1 is 1.15 bits per heavy atom. The molecule has 0 bridgehead atoms. The predicted molar refractivity (Wildman–Crippen MR) is 143 cm³/mol. The van der Waals surface area contributed by atoms with E-state index in [-0.39, 0.29) is 36.0 Å². The third-order valence-electron chi connectivity index (χ3n) is 6.18. The van der Waals surface area contributed by atoms with Gasteiger partial charge in [-0.1, -0.05) is 48.5 Å². The van der Waals surface area contributed by atoms with Crippen molar-refractivity contribution >= 4 is 35.8 Å². The number of nitrogens with zero attached hydrogens (tertiary/aromatic N) is 3. The van der Waals surface area contributed by atoms with E-state index < -0.39 is 0 Å². The summed E-state index contributed by atoms with van der Waals surface area (Å²) in [6.45, 7) is 9.52. The van der Waals surface area contributed by atoms with Crippen molar-refractivity contribution in [3.05, 3.63) is 70.8 Å². The number of aliphatic imine (C=N–C) groups is 1. The fourth-order valence-electron chi connectivity index (χ4n) is 4.49. The van der Waals surface area contributed by atoms with Gasteiger partial charge >= 0.3 is 0 Å². The van der Waals surface area contributed by atoms with Crippen LogP contribution < -0.4 is 5.32 Å². The van der Waals surface area contributed by atoms with Gasteiger partial charge in [0, 0.05) is 32.6 Å². The van der Waals surface area contributed by atoms with Crippen molar-refractivity contribution in [2.75, 3.05) is 32.8 Å². The first-order valence-corrected chi connectivity index (χ1v) is 11.7. The molecule has 1 atom stereocenters. The number of morpholine rings is 1. The van der Waals surface area contributed by atoms with E-state index in [0.717, 1.165) is 44.1 Å².